The molecule has 1 saturated carbocycles. The fraction of sp³-hybridized carbons (Fsp3) is 0.650. The minimum absolute atomic E-state index is 0.0508. The highest BCUT2D eigenvalue weighted by Crippen LogP contribution is 2.42. The van der Waals surface area contributed by atoms with Gasteiger partial charge in [0.25, 0.3) is 0 Å². The monoisotopic (exact) mass is 376 g/mol. The average Bonchev–Trinajstić information content (AvgIpc) is 3.50. The number of piperidine rings is 2. The number of benzene rings is 1. The van der Waals surface area contributed by atoms with Crippen LogP contribution in [0.4, 0.5) is 0 Å². The van der Waals surface area contributed by atoms with Gasteiger partial charge in [0.05, 0.1) is 5.25 Å². The van der Waals surface area contributed by atoms with Gasteiger partial charge in [-0.1, -0.05) is 30.3 Å². The normalized spacial score (nSPS) is 27.8. The molecule has 26 heavy (non-hydrogen) atoms. The molecule has 4 rings (SSSR count). The smallest absolute Gasteiger partial charge is 0.222 e. The summed E-state index contributed by atoms with van der Waals surface area (Å²) in [6, 6.07) is 10.2. The molecule has 0 N–H and O–H groups in total. The zero-order valence-electron chi connectivity index (χ0n) is 15.3. The first-order valence-electron chi connectivity index (χ1n) is 9.79. The first-order valence-corrected chi connectivity index (χ1v) is 11.3. The lowest BCUT2D eigenvalue weighted by molar-refractivity contribution is -0.138. The Hall–Kier alpha value is -1.40. The predicted octanol–water partition coefficient (Wildman–Crippen LogP) is 2.43. The molecule has 142 valence electrons. The number of nitrogens with zero attached hydrogens (tertiary/aromatic N) is 2. The van der Waals surface area contributed by atoms with Gasteiger partial charge in [0, 0.05) is 38.0 Å². The van der Waals surface area contributed by atoms with Crippen molar-refractivity contribution in [3.63, 3.8) is 0 Å². The van der Waals surface area contributed by atoms with Crippen LogP contribution in [0.1, 0.15) is 44.1 Å². The Kier molecular flexibility index (Phi) is 4.82. The highest BCUT2D eigenvalue weighted by atomic mass is 32.2. The maximum atomic E-state index is 12.7. The Labute approximate surface area is 156 Å². The molecule has 2 aliphatic heterocycles. The van der Waals surface area contributed by atoms with Gasteiger partial charge in [0.2, 0.25) is 15.9 Å². The van der Waals surface area contributed by atoms with Gasteiger partial charge < -0.3 is 4.90 Å². The number of amides is 1. The molecule has 0 radical (unpaired) electrons. The first kappa shape index (κ1) is 18.0. The summed E-state index contributed by atoms with van der Waals surface area (Å²) in [7, 11) is -3.12. The fourth-order valence-corrected chi connectivity index (χ4v) is 6.50. The number of hydrogen-bond acceptors (Lipinski definition) is 3. The average molecular weight is 377 g/mol. The number of sulfonamides is 1. The summed E-state index contributed by atoms with van der Waals surface area (Å²) in [5.74, 6) is 0.216. The van der Waals surface area contributed by atoms with Crippen molar-refractivity contribution < 1.29 is 13.2 Å². The van der Waals surface area contributed by atoms with Crippen LogP contribution in [0.25, 0.3) is 0 Å². The molecule has 1 aromatic carbocycles. The van der Waals surface area contributed by atoms with Crippen LogP contribution in [-0.4, -0.2) is 55.0 Å². The molecule has 1 atom stereocenters. The maximum Gasteiger partial charge on any atom is 0.222 e. The van der Waals surface area contributed by atoms with Crippen molar-refractivity contribution in [2.75, 3.05) is 26.2 Å². The summed E-state index contributed by atoms with van der Waals surface area (Å²) in [6.45, 7) is 2.68. The molecule has 0 aromatic heterocycles. The van der Waals surface area contributed by atoms with Gasteiger partial charge >= 0.3 is 0 Å². The molecule has 0 bridgehead atoms. The molecule has 5 nitrogen and oxygen atoms in total. The Morgan fingerprint density at radius 2 is 1.85 bits per heavy atom. The van der Waals surface area contributed by atoms with Gasteiger partial charge in [-0.25, -0.2) is 12.7 Å². The summed E-state index contributed by atoms with van der Waals surface area (Å²) in [6.07, 6.45) is 5.79. The zero-order chi connectivity index (χ0) is 18.2. The Balaban J connectivity index is 1.43. The molecule has 3 fully saturated rings. The van der Waals surface area contributed by atoms with E-state index in [0.717, 1.165) is 45.1 Å². The van der Waals surface area contributed by atoms with Crippen molar-refractivity contribution in [3.05, 3.63) is 35.9 Å². The van der Waals surface area contributed by atoms with Crippen LogP contribution in [0.3, 0.4) is 0 Å². The highest BCUT2D eigenvalue weighted by molar-refractivity contribution is 7.90. The number of hydrogen-bond donors (Lipinski definition) is 0. The quantitative estimate of drug-likeness (QED) is 0.793. The minimum atomic E-state index is -3.12. The third-order valence-corrected chi connectivity index (χ3v) is 8.54. The number of carbonyl (C=O) groups excluding carboxylic acids is 1. The molecule has 1 spiro atoms. The minimum Gasteiger partial charge on any atom is -0.342 e. The lowest BCUT2D eigenvalue weighted by Crippen LogP contribution is -2.55. The summed E-state index contributed by atoms with van der Waals surface area (Å²) >= 11 is 0. The molecule has 2 saturated heterocycles. The number of carbonyl (C=O) groups is 1. The van der Waals surface area contributed by atoms with Gasteiger partial charge in [-0.15, -0.1) is 0 Å². The lowest BCUT2D eigenvalue weighted by Gasteiger charge is -2.47. The van der Waals surface area contributed by atoms with Crippen LogP contribution in [0, 0.1) is 5.41 Å². The molecule has 1 aromatic rings. The lowest BCUT2D eigenvalue weighted by atomic mass is 9.74. The van der Waals surface area contributed by atoms with Gasteiger partial charge in [0.15, 0.2) is 0 Å². The summed E-state index contributed by atoms with van der Waals surface area (Å²) in [4.78, 5) is 14.4. The van der Waals surface area contributed by atoms with E-state index < -0.39 is 10.0 Å². The van der Waals surface area contributed by atoms with Gasteiger partial charge in [-0.3, -0.25) is 4.79 Å². The van der Waals surface area contributed by atoms with E-state index >= 15 is 0 Å². The summed E-state index contributed by atoms with van der Waals surface area (Å²) in [5, 5.41) is -0.142. The topological polar surface area (TPSA) is 57.7 Å². The van der Waals surface area contributed by atoms with E-state index in [-0.39, 0.29) is 16.6 Å². The Bertz CT molecular complexity index is 761. The van der Waals surface area contributed by atoms with Gasteiger partial charge in [-0.2, -0.15) is 0 Å². The van der Waals surface area contributed by atoms with E-state index in [1.54, 1.807) is 4.31 Å². The highest BCUT2D eigenvalue weighted by Gasteiger charge is 2.47. The van der Waals surface area contributed by atoms with E-state index in [1.807, 2.05) is 23.1 Å². The molecule has 0 unspecified atom stereocenters. The Morgan fingerprint density at radius 3 is 2.58 bits per heavy atom. The van der Waals surface area contributed by atoms with Crippen molar-refractivity contribution in [1.29, 1.82) is 0 Å². The van der Waals surface area contributed by atoms with Crippen LogP contribution >= 0.6 is 0 Å². The second-order valence-electron chi connectivity index (χ2n) is 8.23. The van der Waals surface area contributed by atoms with Crippen molar-refractivity contribution in [2.45, 2.75) is 50.2 Å². The third-order valence-electron chi connectivity index (χ3n) is 6.19. The molecule has 2 heterocycles. The summed E-state index contributed by atoms with van der Waals surface area (Å²) < 4.78 is 27.1. The SMILES string of the molecule is O=C1CC[C@]2(CCCN(S(=O)(=O)C3CC3)C2)CN1CCc1ccccc1. The molecule has 3 aliphatic rings. The molecular formula is C20H28N2O3S. The van der Waals surface area contributed by atoms with Crippen LogP contribution < -0.4 is 0 Å². The second-order valence-corrected chi connectivity index (χ2v) is 10.4. The molecule has 6 heteroatoms. The van der Waals surface area contributed by atoms with Crippen molar-refractivity contribution in [3.8, 4) is 0 Å². The van der Waals surface area contributed by atoms with Gasteiger partial charge in [-0.05, 0) is 44.1 Å². The predicted molar refractivity (Wildman–Crippen MR) is 101 cm³/mol. The van der Waals surface area contributed by atoms with Gasteiger partial charge in [0.1, 0.15) is 0 Å². The maximum absolute atomic E-state index is 12.7. The van der Waals surface area contributed by atoms with Crippen molar-refractivity contribution in [1.82, 2.24) is 9.21 Å². The third kappa shape index (κ3) is 3.67. The number of likely N-dealkylation sites (tertiary alicyclic amines) is 1. The van der Waals surface area contributed by atoms with Crippen LogP contribution in [-0.2, 0) is 21.2 Å². The summed E-state index contributed by atoms with van der Waals surface area (Å²) in [5.41, 5.74) is 1.19. The van der Waals surface area contributed by atoms with E-state index in [1.165, 1.54) is 5.56 Å². The molecular weight excluding hydrogens is 348 g/mol. The van der Waals surface area contributed by atoms with Crippen LogP contribution in [0.2, 0.25) is 0 Å². The van der Waals surface area contributed by atoms with Crippen molar-refractivity contribution in [2.24, 2.45) is 5.41 Å². The fourth-order valence-electron chi connectivity index (χ4n) is 4.50. The van der Waals surface area contributed by atoms with E-state index in [4.69, 9.17) is 0 Å². The zero-order valence-corrected chi connectivity index (χ0v) is 16.1. The van der Waals surface area contributed by atoms with Crippen LogP contribution in [0.5, 0.6) is 0 Å². The standard InChI is InChI=1S/C20H28N2O3S/c23-19-9-12-20(15-21(19)14-10-17-5-2-1-3-6-17)11-4-13-22(16-20)26(24,25)18-7-8-18/h1-3,5-6,18H,4,7-16H2/t20-/m1/s1. The largest absolute Gasteiger partial charge is 0.342 e. The Morgan fingerprint density at radius 1 is 1.08 bits per heavy atom. The molecule has 1 aliphatic carbocycles. The van der Waals surface area contributed by atoms with Crippen molar-refractivity contribution >= 4 is 15.9 Å². The molecule has 1 amide bonds. The van der Waals surface area contributed by atoms with Crippen LogP contribution in [0.15, 0.2) is 30.3 Å². The van der Waals surface area contributed by atoms with E-state index in [2.05, 4.69) is 12.1 Å². The number of rotatable bonds is 5. The second kappa shape index (κ2) is 6.97. The van der Waals surface area contributed by atoms with E-state index in [9.17, 15) is 13.2 Å². The van der Waals surface area contributed by atoms with E-state index in [0.29, 0.717) is 26.1 Å². The first-order chi connectivity index (χ1) is 12.5.